The lowest BCUT2D eigenvalue weighted by molar-refractivity contribution is 0.505. The standard InChI is InChI=1S/C10H18ClN3S/c1-7(2)9-12-13-10(11)14(9)5-8(3)6-15-4/h7-8H,5-6H2,1-4H3. The zero-order valence-electron chi connectivity index (χ0n) is 9.70. The molecule has 15 heavy (non-hydrogen) atoms. The summed E-state index contributed by atoms with van der Waals surface area (Å²) >= 11 is 7.87. The van der Waals surface area contributed by atoms with Gasteiger partial charge in [-0.05, 0) is 29.5 Å². The van der Waals surface area contributed by atoms with Crippen LogP contribution in [-0.4, -0.2) is 26.8 Å². The summed E-state index contributed by atoms with van der Waals surface area (Å²) in [6, 6.07) is 0. The van der Waals surface area contributed by atoms with Gasteiger partial charge in [0.25, 0.3) is 0 Å². The summed E-state index contributed by atoms with van der Waals surface area (Å²) in [6.07, 6.45) is 2.12. The topological polar surface area (TPSA) is 30.7 Å². The van der Waals surface area contributed by atoms with E-state index in [0.29, 0.717) is 17.1 Å². The minimum absolute atomic E-state index is 0.367. The summed E-state index contributed by atoms with van der Waals surface area (Å²) in [4.78, 5) is 0. The lowest BCUT2D eigenvalue weighted by atomic mass is 10.2. The first-order valence-corrected chi connectivity index (χ1v) is 6.91. The molecular formula is C10H18ClN3S. The van der Waals surface area contributed by atoms with Gasteiger partial charge in [-0.3, -0.25) is 0 Å². The molecule has 0 bridgehead atoms. The van der Waals surface area contributed by atoms with Crippen molar-refractivity contribution >= 4 is 23.4 Å². The molecular weight excluding hydrogens is 230 g/mol. The van der Waals surface area contributed by atoms with Crippen LogP contribution in [0.2, 0.25) is 5.28 Å². The highest BCUT2D eigenvalue weighted by atomic mass is 35.5. The van der Waals surface area contributed by atoms with Crippen molar-refractivity contribution in [3.63, 3.8) is 0 Å². The molecule has 0 saturated heterocycles. The molecule has 1 atom stereocenters. The Balaban J connectivity index is 2.78. The average Bonchev–Trinajstić information content (AvgIpc) is 2.48. The monoisotopic (exact) mass is 247 g/mol. The SMILES string of the molecule is CSCC(C)Cn1c(Cl)nnc1C(C)C. The van der Waals surface area contributed by atoms with E-state index in [4.69, 9.17) is 11.6 Å². The van der Waals surface area contributed by atoms with E-state index in [1.807, 2.05) is 16.3 Å². The van der Waals surface area contributed by atoms with Gasteiger partial charge in [-0.2, -0.15) is 11.8 Å². The number of halogens is 1. The normalized spacial score (nSPS) is 13.5. The predicted octanol–water partition coefficient (Wildman–Crippen LogP) is 3.05. The molecule has 1 aromatic heterocycles. The van der Waals surface area contributed by atoms with Gasteiger partial charge in [0.05, 0.1) is 0 Å². The van der Waals surface area contributed by atoms with E-state index in [0.717, 1.165) is 18.1 Å². The Morgan fingerprint density at radius 3 is 2.53 bits per heavy atom. The third-order valence-electron chi connectivity index (χ3n) is 2.20. The molecule has 0 aromatic carbocycles. The van der Waals surface area contributed by atoms with Gasteiger partial charge < -0.3 is 4.57 Å². The Morgan fingerprint density at radius 2 is 2.00 bits per heavy atom. The first-order valence-electron chi connectivity index (χ1n) is 5.13. The minimum atomic E-state index is 0.367. The Morgan fingerprint density at radius 1 is 1.33 bits per heavy atom. The second-order valence-electron chi connectivity index (χ2n) is 4.15. The van der Waals surface area contributed by atoms with Crippen LogP contribution in [0.5, 0.6) is 0 Å². The summed E-state index contributed by atoms with van der Waals surface area (Å²) in [5.74, 6) is 3.07. The summed E-state index contributed by atoms with van der Waals surface area (Å²) in [7, 11) is 0. The van der Waals surface area contributed by atoms with E-state index in [1.54, 1.807) is 0 Å². The number of hydrogen-bond donors (Lipinski definition) is 0. The number of hydrogen-bond acceptors (Lipinski definition) is 3. The third-order valence-corrected chi connectivity index (χ3v) is 3.38. The third kappa shape index (κ3) is 3.38. The molecule has 0 fully saturated rings. The van der Waals surface area contributed by atoms with Crippen LogP contribution in [-0.2, 0) is 6.54 Å². The zero-order valence-corrected chi connectivity index (χ0v) is 11.3. The van der Waals surface area contributed by atoms with E-state index in [1.165, 1.54) is 0 Å². The summed E-state index contributed by atoms with van der Waals surface area (Å²) in [6.45, 7) is 7.34. The zero-order chi connectivity index (χ0) is 11.4. The van der Waals surface area contributed by atoms with E-state index >= 15 is 0 Å². The van der Waals surface area contributed by atoms with Crippen molar-refractivity contribution in [2.24, 2.45) is 5.92 Å². The largest absolute Gasteiger partial charge is 0.301 e. The van der Waals surface area contributed by atoms with Crippen LogP contribution in [0.25, 0.3) is 0 Å². The Labute approximate surface area is 101 Å². The van der Waals surface area contributed by atoms with Crippen LogP contribution in [0.1, 0.15) is 32.5 Å². The van der Waals surface area contributed by atoms with Crippen LogP contribution >= 0.6 is 23.4 Å². The molecule has 0 N–H and O–H groups in total. The fraction of sp³-hybridized carbons (Fsp3) is 0.800. The molecule has 5 heteroatoms. The summed E-state index contributed by atoms with van der Waals surface area (Å²) < 4.78 is 2.02. The van der Waals surface area contributed by atoms with Crippen molar-refractivity contribution in [2.45, 2.75) is 33.2 Å². The predicted molar refractivity (Wildman–Crippen MR) is 66.7 cm³/mol. The molecule has 0 aliphatic heterocycles. The molecule has 0 radical (unpaired) electrons. The molecule has 0 amide bonds. The van der Waals surface area contributed by atoms with Gasteiger partial charge in [0.2, 0.25) is 5.28 Å². The number of thioether (sulfide) groups is 1. The first kappa shape index (κ1) is 12.8. The van der Waals surface area contributed by atoms with E-state index in [-0.39, 0.29) is 0 Å². The van der Waals surface area contributed by atoms with Crippen molar-refractivity contribution in [3.05, 3.63) is 11.1 Å². The molecule has 1 heterocycles. The number of nitrogens with zero attached hydrogens (tertiary/aromatic N) is 3. The van der Waals surface area contributed by atoms with Crippen molar-refractivity contribution in [1.29, 1.82) is 0 Å². The van der Waals surface area contributed by atoms with Crippen molar-refractivity contribution in [3.8, 4) is 0 Å². The second kappa shape index (κ2) is 5.75. The highest BCUT2D eigenvalue weighted by Gasteiger charge is 2.15. The number of rotatable bonds is 5. The Bertz CT molecular complexity index is 312. The van der Waals surface area contributed by atoms with Crippen LogP contribution < -0.4 is 0 Å². The van der Waals surface area contributed by atoms with Crippen molar-refractivity contribution < 1.29 is 0 Å². The highest BCUT2D eigenvalue weighted by Crippen LogP contribution is 2.19. The molecule has 0 saturated carbocycles. The lowest BCUT2D eigenvalue weighted by Crippen LogP contribution is -2.13. The second-order valence-corrected chi connectivity index (χ2v) is 5.40. The van der Waals surface area contributed by atoms with Crippen molar-refractivity contribution in [2.75, 3.05) is 12.0 Å². The highest BCUT2D eigenvalue weighted by molar-refractivity contribution is 7.98. The van der Waals surface area contributed by atoms with Gasteiger partial charge in [0, 0.05) is 12.5 Å². The van der Waals surface area contributed by atoms with Gasteiger partial charge in [-0.25, -0.2) is 0 Å². The maximum Gasteiger partial charge on any atom is 0.225 e. The maximum absolute atomic E-state index is 6.02. The quantitative estimate of drug-likeness (QED) is 0.801. The number of aromatic nitrogens is 3. The first-order chi connectivity index (χ1) is 7.06. The van der Waals surface area contributed by atoms with Gasteiger partial charge in [-0.1, -0.05) is 20.8 Å². The van der Waals surface area contributed by atoms with Gasteiger partial charge in [-0.15, -0.1) is 10.2 Å². The molecule has 1 rings (SSSR count). The lowest BCUT2D eigenvalue weighted by Gasteiger charge is -2.14. The molecule has 1 aromatic rings. The molecule has 0 aliphatic rings. The smallest absolute Gasteiger partial charge is 0.225 e. The molecule has 0 spiro atoms. The fourth-order valence-electron chi connectivity index (χ4n) is 1.54. The summed E-state index contributed by atoms with van der Waals surface area (Å²) in [5.41, 5.74) is 0. The Kier molecular flexibility index (Phi) is 4.93. The van der Waals surface area contributed by atoms with Crippen LogP contribution in [0, 0.1) is 5.92 Å². The average molecular weight is 248 g/mol. The Hall–Kier alpha value is -0.220. The van der Waals surface area contributed by atoms with Gasteiger partial charge in [0.15, 0.2) is 0 Å². The fourth-order valence-corrected chi connectivity index (χ4v) is 2.41. The molecule has 86 valence electrons. The minimum Gasteiger partial charge on any atom is -0.301 e. The van der Waals surface area contributed by atoms with E-state index in [9.17, 15) is 0 Å². The van der Waals surface area contributed by atoms with Gasteiger partial charge >= 0.3 is 0 Å². The van der Waals surface area contributed by atoms with Crippen LogP contribution in [0.4, 0.5) is 0 Å². The molecule has 3 nitrogen and oxygen atoms in total. The van der Waals surface area contributed by atoms with E-state index in [2.05, 4.69) is 37.2 Å². The van der Waals surface area contributed by atoms with Crippen molar-refractivity contribution in [1.82, 2.24) is 14.8 Å². The maximum atomic E-state index is 6.02. The summed E-state index contributed by atoms with van der Waals surface area (Å²) in [5, 5.41) is 8.53. The molecule has 1 unspecified atom stereocenters. The van der Waals surface area contributed by atoms with Gasteiger partial charge in [0.1, 0.15) is 5.82 Å². The molecule has 0 aliphatic carbocycles. The van der Waals surface area contributed by atoms with Crippen LogP contribution in [0.15, 0.2) is 0 Å². The van der Waals surface area contributed by atoms with Crippen LogP contribution in [0.3, 0.4) is 0 Å². The van der Waals surface area contributed by atoms with E-state index < -0.39 is 0 Å².